The van der Waals surface area contributed by atoms with Crippen molar-refractivity contribution in [3.05, 3.63) is 46.4 Å². The number of morpholine rings is 1. The van der Waals surface area contributed by atoms with Crippen LogP contribution in [-0.4, -0.2) is 58.6 Å². The van der Waals surface area contributed by atoms with E-state index in [-0.39, 0.29) is 35.5 Å². The molecule has 1 amide bonds. The minimum absolute atomic E-state index is 0.0623. The van der Waals surface area contributed by atoms with Crippen LogP contribution < -0.4 is 15.4 Å². The molecule has 11 heteroatoms. The van der Waals surface area contributed by atoms with Gasteiger partial charge < -0.3 is 20.1 Å². The molecule has 0 aromatic heterocycles. The predicted octanol–water partition coefficient (Wildman–Crippen LogP) is 3.07. The molecular formula is C19H21Cl2N3O5S. The number of nitrogens with one attached hydrogen (secondary N) is 2. The lowest BCUT2D eigenvalue weighted by molar-refractivity contribution is -0.114. The van der Waals surface area contributed by atoms with Crippen LogP contribution in [0.2, 0.25) is 10.0 Å². The van der Waals surface area contributed by atoms with E-state index in [9.17, 15) is 13.2 Å². The van der Waals surface area contributed by atoms with E-state index in [1.165, 1.54) is 29.6 Å². The van der Waals surface area contributed by atoms with E-state index in [4.69, 9.17) is 32.7 Å². The van der Waals surface area contributed by atoms with Gasteiger partial charge in [0.15, 0.2) is 0 Å². The Hall–Kier alpha value is -2.04. The maximum atomic E-state index is 12.9. The van der Waals surface area contributed by atoms with E-state index in [1.807, 2.05) is 0 Å². The summed E-state index contributed by atoms with van der Waals surface area (Å²) in [6.45, 7) is 1.07. The molecule has 162 valence electrons. The van der Waals surface area contributed by atoms with Crippen LogP contribution in [0.1, 0.15) is 0 Å². The highest BCUT2D eigenvalue weighted by Crippen LogP contribution is 2.29. The quantitative estimate of drug-likeness (QED) is 0.641. The third-order valence-corrected chi connectivity index (χ3v) is 7.13. The molecule has 1 aliphatic heterocycles. The Kier molecular flexibility index (Phi) is 7.43. The van der Waals surface area contributed by atoms with E-state index < -0.39 is 10.0 Å². The van der Waals surface area contributed by atoms with Crippen LogP contribution >= 0.6 is 23.2 Å². The van der Waals surface area contributed by atoms with Crippen LogP contribution in [0.4, 0.5) is 11.4 Å². The van der Waals surface area contributed by atoms with Gasteiger partial charge in [-0.25, -0.2) is 8.42 Å². The number of carbonyl (C=O) groups is 1. The summed E-state index contributed by atoms with van der Waals surface area (Å²) in [4.78, 5) is 12.3. The normalized spacial score (nSPS) is 14.9. The minimum Gasteiger partial charge on any atom is -0.497 e. The van der Waals surface area contributed by atoms with Gasteiger partial charge in [-0.3, -0.25) is 4.79 Å². The number of methoxy groups -OCH3 is 1. The number of anilines is 2. The van der Waals surface area contributed by atoms with Crippen molar-refractivity contribution in [1.29, 1.82) is 0 Å². The lowest BCUT2D eigenvalue weighted by Gasteiger charge is -2.26. The second kappa shape index (κ2) is 9.84. The Morgan fingerprint density at radius 3 is 2.53 bits per heavy atom. The SMILES string of the molecule is COc1ccc(Cl)c(NCC(=O)Nc2ccc(Cl)c(S(=O)(=O)N3CCOCC3)c2)c1. The summed E-state index contributed by atoms with van der Waals surface area (Å²) in [5.74, 6) is 0.212. The van der Waals surface area contributed by atoms with Crippen molar-refractivity contribution in [2.45, 2.75) is 4.90 Å². The summed E-state index contributed by atoms with van der Waals surface area (Å²) < 4.78 is 37.4. The van der Waals surface area contributed by atoms with Crippen molar-refractivity contribution in [1.82, 2.24) is 4.31 Å². The zero-order valence-electron chi connectivity index (χ0n) is 16.2. The zero-order valence-corrected chi connectivity index (χ0v) is 18.5. The Morgan fingerprint density at radius 2 is 1.83 bits per heavy atom. The number of sulfonamides is 1. The number of carbonyl (C=O) groups excluding carboxylic acids is 1. The average Bonchev–Trinajstić information content (AvgIpc) is 2.75. The summed E-state index contributed by atoms with van der Waals surface area (Å²) in [7, 11) is -2.27. The van der Waals surface area contributed by atoms with Crippen molar-refractivity contribution < 1.29 is 22.7 Å². The van der Waals surface area contributed by atoms with Gasteiger partial charge in [0.05, 0.1) is 42.6 Å². The monoisotopic (exact) mass is 473 g/mol. The highest BCUT2D eigenvalue weighted by atomic mass is 35.5. The molecule has 8 nitrogen and oxygen atoms in total. The number of rotatable bonds is 7. The smallest absolute Gasteiger partial charge is 0.244 e. The van der Waals surface area contributed by atoms with Gasteiger partial charge in [0, 0.05) is 24.8 Å². The van der Waals surface area contributed by atoms with Crippen LogP contribution in [0, 0.1) is 0 Å². The number of amides is 1. The van der Waals surface area contributed by atoms with Crippen molar-refractivity contribution in [3.8, 4) is 5.75 Å². The van der Waals surface area contributed by atoms with Gasteiger partial charge in [-0.1, -0.05) is 23.2 Å². The number of nitrogens with zero attached hydrogens (tertiary/aromatic N) is 1. The van der Waals surface area contributed by atoms with Crippen LogP contribution in [0.25, 0.3) is 0 Å². The fraction of sp³-hybridized carbons (Fsp3) is 0.316. The molecule has 0 atom stereocenters. The molecule has 0 radical (unpaired) electrons. The van der Waals surface area contributed by atoms with Gasteiger partial charge in [-0.05, 0) is 30.3 Å². The molecule has 1 fully saturated rings. The fourth-order valence-corrected chi connectivity index (χ4v) is 4.95. The second-order valence-corrected chi connectivity index (χ2v) is 9.13. The van der Waals surface area contributed by atoms with Gasteiger partial charge in [-0.2, -0.15) is 4.31 Å². The first-order valence-corrected chi connectivity index (χ1v) is 11.3. The number of hydrogen-bond donors (Lipinski definition) is 2. The van der Waals surface area contributed by atoms with Crippen molar-refractivity contribution in [3.63, 3.8) is 0 Å². The third kappa shape index (κ3) is 5.35. The molecule has 1 aliphatic rings. The van der Waals surface area contributed by atoms with Crippen molar-refractivity contribution in [2.75, 3.05) is 50.6 Å². The summed E-state index contributed by atoms with van der Waals surface area (Å²) in [6, 6.07) is 9.36. The van der Waals surface area contributed by atoms with Crippen LogP contribution in [-0.2, 0) is 19.6 Å². The molecule has 3 rings (SSSR count). The number of ether oxygens (including phenoxy) is 2. The Balaban J connectivity index is 1.70. The Labute approximate surface area is 185 Å². The maximum absolute atomic E-state index is 12.9. The lowest BCUT2D eigenvalue weighted by atomic mass is 10.3. The van der Waals surface area contributed by atoms with Gasteiger partial charge in [-0.15, -0.1) is 0 Å². The average molecular weight is 474 g/mol. The number of halogens is 2. The second-order valence-electron chi connectivity index (χ2n) is 6.41. The Bertz CT molecular complexity index is 1030. The maximum Gasteiger partial charge on any atom is 0.244 e. The van der Waals surface area contributed by atoms with Gasteiger partial charge in [0.25, 0.3) is 0 Å². The van der Waals surface area contributed by atoms with Gasteiger partial charge in [0.2, 0.25) is 15.9 Å². The number of benzene rings is 2. The molecule has 1 saturated heterocycles. The molecule has 2 N–H and O–H groups in total. The molecule has 30 heavy (non-hydrogen) atoms. The van der Waals surface area contributed by atoms with E-state index in [0.717, 1.165) is 0 Å². The highest BCUT2D eigenvalue weighted by Gasteiger charge is 2.28. The van der Waals surface area contributed by atoms with Crippen LogP contribution in [0.5, 0.6) is 5.75 Å². The molecule has 0 saturated carbocycles. The first-order valence-electron chi connectivity index (χ1n) is 9.06. The fourth-order valence-electron chi connectivity index (χ4n) is 2.85. The van der Waals surface area contributed by atoms with Gasteiger partial charge >= 0.3 is 0 Å². The van der Waals surface area contributed by atoms with Crippen LogP contribution in [0.15, 0.2) is 41.3 Å². The first-order chi connectivity index (χ1) is 14.3. The summed E-state index contributed by atoms with van der Waals surface area (Å²) in [6.07, 6.45) is 0. The standard InChI is InChI=1S/C19H21Cl2N3O5S/c1-28-14-3-5-15(20)17(11-14)22-12-19(25)23-13-2-4-16(21)18(10-13)30(26,27)24-6-8-29-9-7-24/h2-5,10-11,22H,6-9,12H2,1H3,(H,23,25). The summed E-state index contributed by atoms with van der Waals surface area (Å²) in [5.41, 5.74) is 0.854. The minimum atomic E-state index is -3.80. The van der Waals surface area contributed by atoms with Crippen molar-refractivity contribution >= 4 is 50.5 Å². The molecular weight excluding hydrogens is 453 g/mol. The van der Waals surface area contributed by atoms with Crippen molar-refractivity contribution in [2.24, 2.45) is 0 Å². The largest absolute Gasteiger partial charge is 0.497 e. The van der Waals surface area contributed by atoms with E-state index in [2.05, 4.69) is 10.6 Å². The zero-order chi connectivity index (χ0) is 21.7. The van der Waals surface area contributed by atoms with E-state index in [1.54, 1.807) is 18.2 Å². The molecule has 1 heterocycles. The molecule has 0 aliphatic carbocycles. The molecule has 0 bridgehead atoms. The first kappa shape index (κ1) is 22.6. The molecule has 0 spiro atoms. The highest BCUT2D eigenvalue weighted by molar-refractivity contribution is 7.89. The molecule has 0 unspecified atom stereocenters. The lowest BCUT2D eigenvalue weighted by Crippen LogP contribution is -2.40. The summed E-state index contributed by atoms with van der Waals surface area (Å²) >= 11 is 12.2. The Morgan fingerprint density at radius 1 is 1.13 bits per heavy atom. The third-order valence-electron chi connectivity index (χ3n) is 4.42. The van der Waals surface area contributed by atoms with E-state index in [0.29, 0.717) is 35.4 Å². The summed E-state index contributed by atoms with van der Waals surface area (Å²) in [5, 5.41) is 6.11. The number of hydrogen-bond acceptors (Lipinski definition) is 6. The topological polar surface area (TPSA) is 97.0 Å². The van der Waals surface area contributed by atoms with Gasteiger partial charge in [0.1, 0.15) is 10.6 Å². The predicted molar refractivity (Wildman–Crippen MR) is 116 cm³/mol. The van der Waals surface area contributed by atoms with Crippen LogP contribution in [0.3, 0.4) is 0 Å². The van der Waals surface area contributed by atoms with E-state index >= 15 is 0 Å². The molecule has 2 aromatic carbocycles. The molecule has 2 aromatic rings.